The summed E-state index contributed by atoms with van der Waals surface area (Å²) in [5.41, 5.74) is 2.65. The number of ether oxygens (including phenoxy) is 1. The van der Waals surface area contributed by atoms with Gasteiger partial charge in [0, 0.05) is 18.0 Å². The van der Waals surface area contributed by atoms with Gasteiger partial charge in [0.2, 0.25) is 0 Å². The summed E-state index contributed by atoms with van der Waals surface area (Å²) >= 11 is 1.81. The highest BCUT2D eigenvalue weighted by Crippen LogP contribution is 2.25. The molecule has 1 aromatic heterocycles. The molecule has 2 rings (SSSR count). The van der Waals surface area contributed by atoms with E-state index in [1.54, 1.807) is 0 Å². The van der Waals surface area contributed by atoms with Gasteiger partial charge < -0.3 is 10.1 Å². The summed E-state index contributed by atoms with van der Waals surface area (Å²) in [6.45, 7) is 9.04. The first kappa shape index (κ1) is 15.1. The molecule has 0 aliphatic heterocycles. The lowest BCUT2D eigenvalue weighted by atomic mass is 10.0. The van der Waals surface area contributed by atoms with Gasteiger partial charge in [0.05, 0.1) is 0 Å². The average molecular weight is 289 g/mol. The van der Waals surface area contributed by atoms with Crippen LogP contribution in [-0.4, -0.2) is 13.2 Å². The van der Waals surface area contributed by atoms with Crippen LogP contribution in [0.3, 0.4) is 0 Å². The molecule has 1 N–H and O–H groups in total. The van der Waals surface area contributed by atoms with Gasteiger partial charge in [0.15, 0.2) is 0 Å². The Morgan fingerprint density at radius 2 is 2.00 bits per heavy atom. The van der Waals surface area contributed by atoms with Crippen molar-refractivity contribution in [1.82, 2.24) is 5.32 Å². The molecule has 2 nitrogen and oxygen atoms in total. The zero-order valence-corrected chi connectivity index (χ0v) is 13.3. The lowest BCUT2D eigenvalue weighted by molar-refractivity contribution is 0.309. The Morgan fingerprint density at radius 1 is 1.20 bits per heavy atom. The van der Waals surface area contributed by atoms with Crippen LogP contribution in [-0.2, 0) is 6.54 Å². The van der Waals surface area contributed by atoms with E-state index in [0.29, 0.717) is 12.5 Å². The Labute approximate surface area is 125 Å². The Morgan fingerprint density at radius 3 is 2.70 bits per heavy atom. The van der Waals surface area contributed by atoms with E-state index in [1.165, 1.54) is 16.0 Å². The molecule has 0 bridgehead atoms. The fourth-order valence-electron chi connectivity index (χ4n) is 2.11. The topological polar surface area (TPSA) is 21.3 Å². The molecule has 0 unspecified atom stereocenters. The fraction of sp³-hybridized carbons (Fsp3) is 0.412. The summed E-state index contributed by atoms with van der Waals surface area (Å²) in [7, 11) is 0. The maximum atomic E-state index is 5.89. The van der Waals surface area contributed by atoms with E-state index in [4.69, 9.17) is 4.74 Å². The molecule has 0 amide bonds. The van der Waals surface area contributed by atoms with Crippen molar-refractivity contribution in [2.75, 3.05) is 13.2 Å². The minimum absolute atomic E-state index is 0.493. The minimum atomic E-state index is 0.493. The SMILES string of the molecule is Cc1ccsc1CNCCOc1ccccc1C(C)C. The Balaban J connectivity index is 1.75. The standard InChI is InChI=1S/C17H23NOS/c1-13(2)15-6-4-5-7-16(15)19-10-9-18-12-17-14(3)8-11-20-17/h4-8,11,13,18H,9-10,12H2,1-3H3. The van der Waals surface area contributed by atoms with Gasteiger partial charge in [-0.1, -0.05) is 32.0 Å². The highest BCUT2D eigenvalue weighted by Gasteiger charge is 2.06. The van der Waals surface area contributed by atoms with Crippen LogP contribution in [0.5, 0.6) is 5.75 Å². The Kier molecular flexibility index (Phi) is 5.62. The Bertz CT molecular complexity index is 533. The van der Waals surface area contributed by atoms with Crippen LogP contribution in [0.15, 0.2) is 35.7 Å². The Hall–Kier alpha value is -1.32. The predicted octanol–water partition coefficient (Wildman–Crippen LogP) is 4.35. The number of aryl methyl sites for hydroxylation is 1. The van der Waals surface area contributed by atoms with Crippen LogP contribution in [0.25, 0.3) is 0 Å². The number of hydrogen-bond acceptors (Lipinski definition) is 3. The van der Waals surface area contributed by atoms with Gasteiger partial charge in [0.1, 0.15) is 12.4 Å². The molecule has 1 heterocycles. The van der Waals surface area contributed by atoms with Crippen LogP contribution < -0.4 is 10.1 Å². The number of benzene rings is 1. The molecule has 0 aliphatic carbocycles. The highest BCUT2D eigenvalue weighted by molar-refractivity contribution is 7.10. The molecule has 0 radical (unpaired) electrons. The van der Waals surface area contributed by atoms with Crippen molar-refractivity contribution in [3.05, 3.63) is 51.7 Å². The average Bonchev–Trinajstić information content (AvgIpc) is 2.84. The summed E-state index contributed by atoms with van der Waals surface area (Å²) < 4.78 is 5.89. The molecule has 0 saturated heterocycles. The van der Waals surface area contributed by atoms with Crippen LogP contribution in [0.4, 0.5) is 0 Å². The second-order valence-corrected chi connectivity index (χ2v) is 6.25. The summed E-state index contributed by atoms with van der Waals surface area (Å²) in [6, 6.07) is 10.5. The minimum Gasteiger partial charge on any atom is -0.492 e. The maximum absolute atomic E-state index is 5.89. The van der Waals surface area contributed by atoms with E-state index in [1.807, 2.05) is 17.4 Å². The van der Waals surface area contributed by atoms with E-state index >= 15 is 0 Å². The van der Waals surface area contributed by atoms with E-state index in [0.717, 1.165) is 18.8 Å². The summed E-state index contributed by atoms with van der Waals surface area (Å²) in [4.78, 5) is 1.41. The van der Waals surface area contributed by atoms with Crippen molar-refractivity contribution in [1.29, 1.82) is 0 Å². The smallest absolute Gasteiger partial charge is 0.122 e. The number of para-hydroxylation sites is 1. The number of nitrogens with one attached hydrogen (secondary N) is 1. The second kappa shape index (κ2) is 7.46. The highest BCUT2D eigenvalue weighted by atomic mass is 32.1. The first-order valence-corrected chi connectivity index (χ1v) is 8.02. The normalized spacial score (nSPS) is 11.0. The van der Waals surface area contributed by atoms with Gasteiger partial charge in [-0.25, -0.2) is 0 Å². The predicted molar refractivity (Wildman–Crippen MR) is 86.8 cm³/mol. The molecule has 0 aliphatic rings. The van der Waals surface area contributed by atoms with Crippen LogP contribution in [0.1, 0.15) is 35.8 Å². The third-order valence-electron chi connectivity index (χ3n) is 3.33. The van der Waals surface area contributed by atoms with Crippen LogP contribution >= 0.6 is 11.3 Å². The zero-order valence-electron chi connectivity index (χ0n) is 12.5. The van der Waals surface area contributed by atoms with Crippen molar-refractivity contribution < 1.29 is 4.74 Å². The number of hydrogen-bond donors (Lipinski definition) is 1. The molecule has 0 fully saturated rings. The molecule has 0 saturated carbocycles. The second-order valence-electron chi connectivity index (χ2n) is 5.24. The quantitative estimate of drug-likeness (QED) is 0.765. The third-order valence-corrected chi connectivity index (χ3v) is 4.35. The van der Waals surface area contributed by atoms with E-state index in [2.05, 4.69) is 55.7 Å². The van der Waals surface area contributed by atoms with Gasteiger partial charge in [-0.3, -0.25) is 0 Å². The lowest BCUT2D eigenvalue weighted by Gasteiger charge is -2.14. The molecule has 20 heavy (non-hydrogen) atoms. The van der Waals surface area contributed by atoms with Gasteiger partial charge in [-0.2, -0.15) is 0 Å². The van der Waals surface area contributed by atoms with Crippen LogP contribution in [0.2, 0.25) is 0 Å². The number of rotatable bonds is 7. The summed E-state index contributed by atoms with van der Waals surface area (Å²) in [5.74, 6) is 1.50. The van der Waals surface area contributed by atoms with Gasteiger partial charge >= 0.3 is 0 Å². The molecule has 1 aromatic carbocycles. The number of thiophene rings is 1. The van der Waals surface area contributed by atoms with E-state index in [9.17, 15) is 0 Å². The molecular weight excluding hydrogens is 266 g/mol. The van der Waals surface area contributed by atoms with Crippen LogP contribution in [0, 0.1) is 6.92 Å². The molecule has 2 aromatic rings. The zero-order chi connectivity index (χ0) is 14.4. The van der Waals surface area contributed by atoms with Crippen molar-refractivity contribution in [2.24, 2.45) is 0 Å². The van der Waals surface area contributed by atoms with Crippen molar-refractivity contribution in [2.45, 2.75) is 33.2 Å². The third kappa shape index (κ3) is 4.09. The maximum Gasteiger partial charge on any atom is 0.122 e. The van der Waals surface area contributed by atoms with Crippen molar-refractivity contribution in [3.8, 4) is 5.75 Å². The molecule has 3 heteroatoms. The molecule has 108 valence electrons. The molecule has 0 spiro atoms. The van der Waals surface area contributed by atoms with Crippen molar-refractivity contribution >= 4 is 11.3 Å². The monoisotopic (exact) mass is 289 g/mol. The van der Waals surface area contributed by atoms with Gasteiger partial charge in [-0.05, 0) is 41.5 Å². The van der Waals surface area contributed by atoms with Gasteiger partial charge in [0.25, 0.3) is 0 Å². The van der Waals surface area contributed by atoms with Crippen molar-refractivity contribution in [3.63, 3.8) is 0 Å². The summed E-state index contributed by atoms with van der Waals surface area (Å²) in [5, 5.41) is 5.57. The molecular formula is C17H23NOS. The largest absolute Gasteiger partial charge is 0.492 e. The lowest BCUT2D eigenvalue weighted by Crippen LogP contribution is -2.20. The van der Waals surface area contributed by atoms with Gasteiger partial charge in [-0.15, -0.1) is 11.3 Å². The first-order chi connectivity index (χ1) is 9.68. The first-order valence-electron chi connectivity index (χ1n) is 7.14. The summed E-state index contributed by atoms with van der Waals surface area (Å²) in [6.07, 6.45) is 0. The fourth-order valence-corrected chi connectivity index (χ4v) is 2.98. The molecule has 0 atom stereocenters. The van der Waals surface area contributed by atoms with E-state index in [-0.39, 0.29) is 0 Å². The van der Waals surface area contributed by atoms with E-state index < -0.39 is 0 Å².